The van der Waals surface area contributed by atoms with Gasteiger partial charge in [0.15, 0.2) is 18.3 Å². The Morgan fingerprint density at radius 3 is 1.71 bits per heavy atom. The van der Waals surface area contributed by atoms with E-state index >= 15 is 0 Å². The fourth-order valence-electron chi connectivity index (χ4n) is 2.26. The molecular weight excluding hydrogens is 326 g/mol. The Bertz CT molecular complexity index is 506. The van der Waals surface area contributed by atoms with Crippen LogP contribution in [0, 0.1) is 0 Å². The van der Waals surface area contributed by atoms with Gasteiger partial charge in [0.1, 0.15) is 18.9 Å². The average Bonchev–Trinajstić information content (AvgIpc) is 2.42. The first-order chi connectivity index (χ1) is 11.1. The minimum atomic E-state index is -1.21. The molecule has 0 radical (unpaired) electrons. The van der Waals surface area contributed by atoms with Crippen LogP contribution in [0.15, 0.2) is 0 Å². The lowest BCUT2D eigenvalue weighted by Gasteiger charge is -2.43. The zero-order chi connectivity index (χ0) is 18.4. The van der Waals surface area contributed by atoms with Crippen molar-refractivity contribution in [1.29, 1.82) is 0 Å². The summed E-state index contributed by atoms with van der Waals surface area (Å²) in [5.74, 6) is -2.66. The molecule has 1 unspecified atom stereocenters. The second-order valence-electron chi connectivity index (χ2n) is 5.16. The Balaban J connectivity index is 3.11. The molecule has 5 atom stereocenters. The smallest absolute Gasteiger partial charge is 0.303 e. The lowest BCUT2D eigenvalue weighted by molar-refractivity contribution is -0.251. The van der Waals surface area contributed by atoms with E-state index in [1.807, 2.05) is 0 Å². The summed E-state index contributed by atoms with van der Waals surface area (Å²) in [6.45, 7) is 4.32. The molecule has 1 aliphatic heterocycles. The summed E-state index contributed by atoms with van der Waals surface area (Å²) in [5.41, 5.74) is 5.81. The number of esters is 4. The van der Waals surface area contributed by atoms with Crippen molar-refractivity contribution < 1.29 is 42.9 Å². The number of nitrogens with two attached hydrogens (primary N) is 1. The molecule has 0 aromatic rings. The third-order valence-corrected chi connectivity index (χ3v) is 3.03. The molecule has 0 aromatic carbocycles. The summed E-state index contributed by atoms with van der Waals surface area (Å²) in [6, 6.07) is 0. The van der Waals surface area contributed by atoms with Gasteiger partial charge in [-0.2, -0.15) is 0 Å². The van der Waals surface area contributed by atoms with Crippen LogP contribution in [0.1, 0.15) is 27.7 Å². The van der Waals surface area contributed by atoms with Gasteiger partial charge in [-0.1, -0.05) is 0 Å². The van der Waals surface area contributed by atoms with E-state index in [0.717, 1.165) is 20.8 Å². The number of carbonyl (C=O) groups excluding carboxylic acids is 4. The topological polar surface area (TPSA) is 140 Å². The van der Waals surface area contributed by atoms with Crippen molar-refractivity contribution in [3.05, 3.63) is 0 Å². The largest absolute Gasteiger partial charge is 0.463 e. The molecule has 0 amide bonds. The van der Waals surface area contributed by atoms with Crippen LogP contribution < -0.4 is 5.73 Å². The number of hydrogen-bond donors (Lipinski definition) is 1. The van der Waals surface area contributed by atoms with E-state index in [0.29, 0.717) is 0 Å². The molecule has 0 spiro atoms. The maximum Gasteiger partial charge on any atom is 0.303 e. The second-order valence-corrected chi connectivity index (χ2v) is 5.16. The highest BCUT2D eigenvalue weighted by Gasteiger charge is 2.51. The van der Waals surface area contributed by atoms with E-state index in [9.17, 15) is 19.2 Å². The van der Waals surface area contributed by atoms with Gasteiger partial charge in [-0.05, 0) is 0 Å². The van der Waals surface area contributed by atoms with Gasteiger partial charge in [-0.3, -0.25) is 19.2 Å². The van der Waals surface area contributed by atoms with Crippen molar-refractivity contribution in [3.63, 3.8) is 0 Å². The molecule has 2 N–H and O–H groups in total. The van der Waals surface area contributed by atoms with Gasteiger partial charge in [-0.25, -0.2) is 0 Å². The third-order valence-electron chi connectivity index (χ3n) is 3.03. The van der Waals surface area contributed by atoms with Crippen molar-refractivity contribution in [2.45, 2.75) is 58.3 Å². The Hall–Kier alpha value is -2.20. The van der Waals surface area contributed by atoms with E-state index in [4.69, 9.17) is 29.4 Å². The standard InChI is InChI=1S/C14H21NO9/c1-6(16)20-5-10-11(21-7(2)17)12(22-8(3)18)13(14(15)24-10)23-9(4)19/h10-14H,5,15H2,1-4H3/t10-,11+,12+,13-,14?/m1/s1. The molecule has 10 nitrogen and oxygen atoms in total. The van der Waals surface area contributed by atoms with Crippen LogP contribution in [0.4, 0.5) is 0 Å². The van der Waals surface area contributed by atoms with Crippen LogP contribution in [-0.4, -0.2) is 61.1 Å². The normalized spacial score (nSPS) is 29.3. The Morgan fingerprint density at radius 1 is 0.792 bits per heavy atom. The Morgan fingerprint density at radius 2 is 1.25 bits per heavy atom. The molecule has 0 aromatic heterocycles. The van der Waals surface area contributed by atoms with Crippen molar-refractivity contribution in [2.75, 3.05) is 6.61 Å². The molecule has 0 aliphatic carbocycles. The highest BCUT2D eigenvalue weighted by Crippen LogP contribution is 2.27. The molecule has 0 bridgehead atoms. The first-order valence-corrected chi connectivity index (χ1v) is 7.18. The molecule has 0 saturated carbocycles. The molecule has 136 valence electrons. The van der Waals surface area contributed by atoms with Gasteiger partial charge in [0.2, 0.25) is 0 Å². The summed E-state index contributed by atoms with van der Waals surface area (Å²) in [5, 5.41) is 0. The molecule has 1 aliphatic rings. The van der Waals surface area contributed by atoms with Crippen LogP contribution in [-0.2, 0) is 42.9 Å². The van der Waals surface area contributed by atoms with Gasteiger partial charge in [0.05, 0.1) is 0 Å². The quantitative estimate of drug-likeness (QED) is 0.487. The second kappa shape index (κ2) is 8.60. The highest BCUT2D eigenvalue weighted by molar-refractivity contribution is 5.68. The van der Waals surface area contributed by atoms with E-state index in [1.165, 1.54) is 6.92 Å². The first-order valence-electron chi connectivity index (χ1n) is 7.18. The van der Waals surface area contributed by atoms with Crippen LogP contribution in [0.2, 0.25) is 0 Å². The van der Waals surface area contributed by atoms with Crippen LogP contribution in [0.25, 0.3) is 0 Å². The average molecular weight is 347 g/mol. The number of hydrogen-bond acceptors (Lipinski definition) is 10. The Kier molecular flexibility index (Phi) is 7.11. The molecule has 10 heteroatoms. The Labute approximate surface area is 138 Å². The maximum atomic E-state index is 11.4. The molecule has 1 rings (SSSR count). The predicted octanol–water partition coefficient (Wildman–Crippen LogP) is -0.972. The monoisotopic (exact) mass is 347 g/mol. The van der Waals surface area contributed by atoms with Gasteiger partial charge >= 0.3 is 23.9 Å². The van der Waals surface area contributed by atoms with E-state index in [-0.39, 0.29) is 6.61 Å². The van der Waals surface area contributed by atoms with E-state index < -0.39 is 54.5 Å². The fraction of sp³-hybridized carbons (Fsp3) is 0.714. The zero-order valence-corrected chi connectivity index (χ0v) is 13.8. The van der Waals surface area contributed by atoms with E-state index in [2.05, 4.69) is 0 Å². The van der Waals surface area contributed by atoms with Gasteiger partial charge < -0.3 is 29.4 Å². The van der Waals surface area contributed by atoms with E-state index in [1.54, 1.807) is 0 Å². The zero-order valence-electron chi connectivity index (χ0n) is 13.8. The van der Waals surface area contributed by atoms with Crippen LogP contribution in [0.3, 0.4) is 0 Å². The summed E-state index contributed by atoms with van der Waals surface area (Å²) >= 11 is 0. The molecule has 24 heavy (non-hydrogen) atoms. The predicted molar refractivity (Wildman–Crippen MR) is 76.1 cm³/mol. The summed E-state index contributed by atoms with van der Waals surface area (Å²) in [6.07, 6.45) is -5.74. The van der Waals surface area contributed by atoms with Crippen molar-refractivity contribution in [1.82, 2.24) is 0 Å². The van der Waals surface area contributed by atoms with Crippen molar-refractivity contribution >= 4 is 23.9 Å². The molecule has 1 saturated heterocycles. The minimum absolute atomic E-state index is 0.286. The lowest BCUT2D eigenvalue weighted by atomic mass is 9.97. The molecule has 1 heterocycles. The highest BCUT2D eigenvalue weighted by atomic mass is 16.7. The summed E-state index contributed by atoms with van der Waals surface area (Å²) < 4.78 is 25.6. The first kappa shape index (κ1) is 19.8. The van der Waals surface area contributed by atoms with Gasteiger partial charge in [-0.15, -0.1) is 0 Å². The molecular formula is C14H21NO9. The number of rotatable bonds is 5. The SMILES string of the molecule is CC(=O)OC[C@H]1OC(N)[C@H](OC(C)=O)[C@@H](OC(C)=O)[C@H]1OC(C)=O. The van der Waals surface area contributed by atoms with Crippen molar-refractivity contribution in [3.8, 4) is 0 Å². The summed E-state index contributed by atoms with van der Waals surface area (Å²) in [4.78, 5) is 45.0. The number of ether oxygens (including phenoxy) is 5. The summed E-state index contributed by atoms with van der Waals surface area (Å²) in [7, 11) is 0. The van der Waals surface area contributed by atoms with Gasteiger partial charge in [0, 0.05) is 27.7 Å². The maximum absolute atomic E-state index is 11.4. The fourth-order valence-corrected chi connectivity index (χ4v) is 2.26. The van der Waals surface area contributed by atoms with Crippen molar-refractivity contribution in [2.24, 2.45) is 5.73 Å². The molecule has 1 fully saturated rings. The van der Waals surface area contributed by atoms with Crippen LogP contribution >= 0.6 is 0 Å². The van der Waals surface area contributed by atoms with Crippen LogP contribution in [0.5, 0.6) is 0 Å². The number of carbonyl (C=O) groups is 4. The third kappa shape index (κ3) is 5.78. The lowest BCUT2D eigenvalue weighted by Crippen LogP contribution is -2.64. The minimum Gasteiger partial charge on any atom is -0.463 e. The van der Waals surface area contributed by atoms with Gasteiger partial charge in [0.25, 0.3) is 0 Å².